The van der Waals surface area contributed by atoms with Crippen LogP contribution < -0.4 is 4.74 Å². The van der Waals surface area contributed by atoms with Gasteiger partial charge in [0, 0.05) is 5.56 Å². The van der Waals surface area contributed by atoms with E-state index >= 15 is 0 Å². The molecule has 2 aliphatic rings. The number of halogens is 3. The molecular formula is C35H47F3O. The summed E-state index contributed by atoms with van der Waals surface area (Å²) in [5.74, 6) is 0.200. The first-order valence-corrected chi connectivity index (χ1v) is 15.5. The molecule has 0 spiro atoms. The van der Waals surface area contributed by atoms with Crippen molar-refractivity contribution in [2.75, 3.05) is 6.61 Å². The fraction of sp³-hybridized carbons (Fsp3) is 0.600. The number of hydrogen-bond acceptors (Lipinski definition) is 1. The molecule has 1 fully saturated rings. The average molecular weight is 541 g/mol. The van der Waals surface area contributed by atoms with Crippen LogP contribution in [-0.2, 0) is 6.42 Å². The van der Waals surface area contributed by atoms with Crippen molar-refractivity contribution in [2.24, 2.45) is 11.8 Å². The summed E-state index contributed by atoms with van der Waals surface area (Å²) in [5.41, 5.74) is 2.92. The van der Waals surface area contributed by atoms with E-state index in [0.717, 1.165) is 75.3 Å². The van der Waals surface area contributed by atoms with Gasteiger partial charge >= 0.3 is 0 Å². The van der Waals surface area contributed by atoms with Gasteiger partial charge in [0.2, 0.25) is 0 Å². The second kappa shape index (κ2) is 15.0. The molecule has 0 aliphatic heterocycles. The summed E-state index contributed by atoms with van der Waals surface area (Å²) >= 11 is 0. The van der Waals surface area contributed by atoms with Crippen LogP contribution in [0, 0.1) is 29.3 Å². The SMILES string of the molecule is CCCCCCCCOc1ccc(C2CCC(CCc3ccc(C4=CCC(C)CC4)c(F)c3F)CC2)cc1F. The van der Waals surface area contributed by atoms with Crippen molar-refractivity contribution < 1.29 is 17.9 Å². The van der Waals surface area contributed by atoms with Gasteiger partial charge in [0.15, 0.2) is 23.2 Å². The zero-order valence-corrected chi connectivity index (χ0v) is 24.1. The summed E-state index contributed by atoms with van der Waals surface area (Å²) in [5, 5.41) is 0. The van der Waals surface area contributed by atoms with Gasteiger partial charge in [0.25, 0.3) is 0 Å². The lowest BCUT2D eigenvalue weighted by atomic mass is 9.77. The van der Waals surface area contributed by atoms with Crippen LogP contribution >= 0.6 is 0 Å². The highest BCUT2D eigenvalue weighted by atomic mass is 19.2. The highest BCUT2D eigenvalue weighted by Gasteiger charge is 2.24. The third kappa shape index (κ3) is 8.38. The second-order valence-electron chi connectivity index (χ2n) is 12.1. The first-order valence-electron chi connectivity index (χ1n) is 15.5. The van der Waals surface area contributed by atoms with Gasteiger partial charge in [-0.3, -0.25) is 0 Å². The summed E-state index contributed by atoms with van der Waals surface area (Å²) in [6, 6.07) is 9.04. The maximum atomic E-state index is 14.9. The van der Waals surface area contributed by atoms with E-state index in [1.807, 2.05) is 6.07 Å². The maximum absolute atomic E-state index is 14.9. The minimum absolute atomic E-state index is 0.264. The molecule has 0 saturated heterocycles. The molecule has 0 heterocycles. The molecule has 2 aliphatic carbocycles. The van der Waals surface area contributed by atoms with Gasteiger partial charge in [0.1, 0.15) is 0 Å². The standard InChI is InChI=1S/C35H47F3O/c1-3-4-5-6-7-8-23-39-33-22-20-30(24-32(33)36)27-16-11-26(12-17-27)13-18-29-19-21-31(35(38)34(29)37)28-14-9-25(2)10-15-28/h14,19-22,24-27H,3-13,15-18,23H2,1-2H3. The minimum atomic E-state index is -0.682. The summed E-state index contributed by atoms with van der Waals surface area (Å²) in [6.07, 6.45) is 17.5. The molecule has 0 radical (unpaired) electrons. The molecule has 1 saturated carbocycles. The zero-order valence-electron chi connectivity index (χ0n) is 24.1. The Hall–Kier alpha value is -2.23. The van der Waals surface area contributed by atoms with Crippen molar-refractivity contribution in [3.63, 3.8) is 0 Å². The Morgan fingerprint density at radius 1 is 0.846 bits per heavy atom. The van der Waals surface area contributed by atoms with E-state index in [9.17, 15) is 13.2 Å². The zero-order chi connectivity index (χ0) is 27.6. The average Bonchev–Trinajstić information content (AvgIpc) is 2.95. The fourth-order valence-corrected chi connectivity index (χ4v) is 6.34. The van der Waals surface area contributed by atoms with Gasteiger partial charge in [-0.2, -0.15) is 0 Å². The van der Waals surface area contributed by atoms with Crippen molar-refractivity contribution in [1.82, 2.24) is 0 Å². The normalized spacial score (nSPS) is 21.6. The van der Waals surface area contributed by atoms with E-state index < -0.39 is 11.6 Å². The van der Waals surface area contributed by atoms with E-state index in [2.05, 4.69) is 19.9 Å². The molecule has 4 rings (SSSR count). The fourth-order valence-electron chi connectivity index (χ4n) is 6.34. The predicted molar refractivity (Wildman–Crippen MR) is 156 cm³/mol. The molecule has 39 heavy (non-hydrogen) atoms. The number of rotatable bonds is 13. The number of allylic oxidation sites excluding steroid dienone is 2. The smallest absolute Gasteiger partial charge is 0.166 e. The predicted octanol–water partition coefficient (Wildman–Crippen LogP) is 11.0. The van der Waals surface area contributed by atoms with Crippen LogP contribution in [0.25, 0.3) is 5.57 Å². The molecular weight excluding hydrogens is 493 g/mol. The van der Waals surface area contributed by atoms with Gasteiger partial charge < -0.3 is 4.74 Å². The van der Waals surface area contributed by atoms with Crippen LogP contribution in [0.1, 0.15) is 126 Å². The second-order valence-corrected chi connectivity index (χ2v) is 12.1. The lowest BCUT2D eigenvalue weighted by Crippen LogP contribution is -2.15. The Morgan fingerprint density at radius 2 is 1.62 bits per heavy atom. The van der Waals surface area contributed by atoms with Crippen LogP contribution in [-0.4, -0.2) is 6.61 Å². The minimum Gasteiger partial charge on any atom is -0.491 e. The van der Waals surface area contributed by atoms with Crippen molar-refractivity contribution in [2.45, 2.75) is 116 Å². The molecule has 0 bridgehead atoms. The molecule has 0 aromatic heterocycles. The Labute approximate surface area is 234 Å². The molecule has 2 aromatic rings. The topological polar surface area (TPSA) is 9.23 Å². The van der Waals surface area contributed by atoms with E-state index in [4.69, 9.17) is 4.74 Å². The highest BCUT2D eigenvalue weighted by Crippen LogP contribution is 2.39. The lowest BCUT2D eigenvalue weighted by Gasteiger charge is -2.29. The molecule has 2 aromatic carbocycles. The van der Waals surface area contributed by atoms with Gasteiger partial charge in [-0.15, -0.1) is 0 Å². The lowest BCUT2D eigenvalue weighted by molar-refractivity contribution is 0.288. The monoisotopic (exact) mass is 540 g/mol. The molecule has 1 unspecified atom stereocenters. The van der Waals surface area contributed by atoms with E-state index in [1.54, 1.807) is 24.3 Å². The molecule has 0 N–H and O–H groups in total. The van der Waals surface area contributed by atoms with E-state index in [1.165, 1.54) is 25.7 Å². The third-order valence-electron chi connectivity index (χ3n) is 9.03. The summed E-state index contributed by atoms with van der Waals surface area (Å²) < 4.78 is 50.2. The van der Waals surface area contributed by atoms with Crippen LogP contribution in [0.2, 0.25) is 0 Å². The van der Waals surface area contributed by atoms with Gasteiger partial charge in [-0.25, -0.2) is 13.2 Å². The van der Waals surface area contributed by atoms with Gasteiger partial charge in [-0.1, -0.05) is 70.2 Å². The number of unbranched alkanes of at least 4 members (excludes halogenated alkanes) is 5. The molecule has 214 valence electrons. The van der Waals surface area contributed by atoms with Crippen LogP contribution in [0.3, 0.4) is 0 Å². The van der Waals surface area contributed by atoms with Crippen LogP contribution in [0.15, 0.2) is 36.4 Å². The molecule has 0 amide bonds. The van der Waals surface area contributed by atoms with Crippen molar-refractivity contribution >= 4 is 5.57 Å². The Balaban J connectivity index is 1.21. The number of aryl methyl sites for hydroxylation is 1. The Kier molecular flexibility index (Phi) is 11.4. The van der Waals surface area contributed by atoms with Crippen LogP contribution in [0.5, 0.6) is 5.75 Å². The Bertz CT molecular complexity index is 1080. The van der Waals surface area contributed by atoms with E-state index in [0.29, 0.717) is 47.7 Å². The molecule has 1 atom stereocenters. The largest absolute Gasteiger partial charge is 0.491 e. The maximum Gasteiger partial charge on any atom is 0.166 e. The first-order chi connectivity index (χ1) is 19.0. The molecule has 1 nitrogen and oxygen atoms in total. The molecule has 4 heteroatoms. The van der Waals surface area contributed by atoms with Crippen molar-refractivity contribution in [3.8, 4) is 5.75 Å². The number of ether oxygens (including phenoxy) is 1. The highest BCUT2D eigenvalue weighted by molar-refractivity contribution is 5.67. The van der Waals surface area contributed by atoms with Crippen molar-refractivity contribution in [1.29, 1.82) is 0 Å². The summed E-state index contributed by atoms with van der Waals surface area (Å²) in [7, 11) is 0. The third-order valence-corrected chi connectivity index (χ3v) is 9.03. The van der Waals surface area contributed by atoms with Gasteiger partial charge in [0.05, 0.1) is 6.61 Å². The van der Waals surface area contributed by atoms with E-state index in [-0.39, 0.29) is 5.82 Å². The number of benzene rings is 2. The summed E-state index contributed by atoms with van der Waals surface area (Å²) in [6.45, 7) is 4.98. The van der Waals surface area contributed by atoms with Crippen LogP contribution in [0.4, 0.5) is 13.2 Å². The number of hydrogen-bond donors (Lipinski definition) is 0. The Morgan fingerprint density at radius 3 is 2.33 bits per heavy atom. The van der Waals surface area contributed by atoms with Crippen molar-refractivity contribution in [3.05, 3.63) is 70.5 Å². The first kappa shape index (κ1) is 29.7. The van der Waals surface area contributed by atoms with Gasteiger partial charge in [-0.05, 0) is 111 Å². The summed E-state index contributed by atoms with van der Waals surface area (Å²) in [4.78, 5) is 0. The quantitative estimate of drug-likeness (QED) is 0.230.